The van der Waals surface area contributed by atoms with E-state index in [1.165, 1.54) is 24.3 Å². The monoisotopic (exact) mass is 345 g/mol. The molecule has 1 aromatic carbocycles. The molecule has 0 saturated carbocycles. The van der Waals surface area contributed by atoms with Gasteiger partial charge in [0.2, 0.25) is 0 Å². The van der Waals surface area contributed by atoms with Crippen LogP contribution in [0.15, 0.2) is 48.8 Å². The molecule has 0 N–H and O–H groups in total. The molecule has 1 heterocycles. The molecule has 0 aliphatic rings. The molecule has 0 amide bonds. The number of ether oxygens (including phenoxy) is 2. The second-order valence-corrected chi connectivity index (χ2v) is 5.39. The van der Waals surface area contributed by atoms with E-state index in [4.69, 9.17) is 9.47 Å². The molecule has 0 aliphatic carbocycles. The molecular weight excluding hydrogens is 325 g/mol. The minimum Gasteiger partial charge on any atom is -0.465 e. The van der Waals surface area contributed by atoms with Gasteiger partial charge in [-0.15, -0.1) is 0 Å². The SMILES string of the molecule is CCOC(=O)C(Cc1cccnc1)(C(=O)OCC)c1ccc(F)cc1. The van der Waals surface area contributed by atoms with Gasteiger partial charge in [0.05, 0.1) is 13.2 Å². The van der Waals surface area contributed by atoms with Gasteiger partial charge in [-0.1, -0.05) is 18.2 Å². The second-order valence-electron chi connectivity index (χ2n) is 5.39. The van der Waals surface area contributed by atoms with Crippen molar-refractivity contribution in [3.05, 3.63) is 65.7 Å². The quantitative estimate of drug-likeness (QED) is 0.570. The molecule has 0 aliphatic heterocycles. The van der Waals surface area contributed by atoms with Crippen molar-refractivity contribution in [2.75, 3.05) is 13.2 Å². The fraction of sp³-hybridized carbons (Fsp3) is 0.316. The number of carbonyl (C=O) groups is 2. The van der Waals surface area contributed by atoms with Gasteiger partial charge in [-0.05, 0) is 43.2 Å². The van der Waals surface area contributed by atoms with Gasteiger partial charge in [0.25, 0.3) is 0 Å². The molecule has 0 radical (unpaired) electrons. The highest BCUT2D eigenvalue weighted by Crippen LogP contribution is 2.32. The summed E-state index contributed by atoms with van der Waals surface area (Å²) in [6.07, 6.45) is 3.17. The molecule has 0 fully saturated rings. The van der Waals surface area contributed by atoms with Crippen LogP contribution in [0.25, 0.3) is 0 Å². The summed E-state index contributed by atoms with van der Waals surface area (Å²) < 4.78 is 23.7. The van der Waals surface area contributed by atoms with Gasteiger partial charge in [0, 0.05) is 18.8 Å². The van der Waals surface area contributed by atoms with E-state index in [0.29, 0.717) is 11.1 Å². The first kappa shape index (κ1) is 18.6. The molecule has 25 heavy (non-hydrogen) atoms. The Labute approximate surface area is 145 Å². The van der Waals surface area contributed by atoms with Crippen LogP contribution in [-0.2, 0) is 30.9 Å². The lowest BCUT2D eigenvalue weighted by atomic mass is 9.75. The first-order valence-corrected chi connectivity index (χ1v) is 8.04. The average Bonchev–Trinajstić information content (AvgIpc) is 2.61. The molecule has 0 unspecified atom stereocenters. The number of nitrogens with zero attached hydrogens (tertiary/aromatic N) is 1. The van der Waals surface area contributed by atoms with Gasteiger partial charge >= 0.3 is 11.9 Å². The fourth-order valence-corrected chi connectivity index (χ4v) is 2.62. The van der Waals surface area contributed by atoms with E-state index in [0.717, 1.165) is 0 Å². The molecule has 5 nitrogen and oxygen atoms in total. The van der Waals surface area contributed by atoms with Crippen LogP contribution >= 0.6 is 0 Å². The van der Waals surface area contributed by atoms with Gasteiger partial charge in [-0.3, -0.25) is 14.6 Å². The van der Waals surface area contributed by atoms with Crippen molar-refractivity contribution in [3.63, 3.8) is 0 Å². The van der Waals surface area contributed by atoms with E-state index >= 15 is 0 Å². The molecule has 132 valence electrons. The van der Waals surface area contributed by atoms with Crippen LogP contribution in [0.5, 0.6) is 0 Å². The zero-order chi connectivity index (χ0) is 18.3. The van der Waals surface area contributed by atoms with E-state index in [1.807, 2.05) is 0 Å². The van der Waals surface area contributed by atoms with E-state index in [1.54, 1.807) is 38.4 Å². The Hall–Kier alpha value is -2.76. The maximum Gasteiger partial charge on any atom is 0.328 e. The number of aromatic nitrogens is 1. The predicted octanol–water partition coefficient (Wildman–Crippen LogP) is 2.83. The second kappa shape index (κ2) is 8.37. The van der Waals surface area contributed by atoms with Crippen LogP contribution in [0, 0.1) is 5.82 Å². The number of hydrogen-bond donors (Lipinski definition) is 0. The van der Waals surface area contributed by atoms with Crippen molar-refractivity contribution in [2.45, 2.75) is 25.7 Å². The minimum atomic E-state index is -1.72. The zero-order valence-corrected chi connectivity index (χ0v) is 14.2. The molecule has 0 atom stereocenters. The van der Waals surface area contributed by atoms with Crippen molar-refractivity contribution in [2.24, 2.45) is 0 Å². The lowest BCUT2D eigenvalue weighted by Gasteiger charge is -2.29. The molecule has 2 rings (SSSR count). The molecule has 0 bridgehead atoms. The number of benzene rings is 1. The Morgan fingerprint density at radius 3 is 2.12 bits per heavy atom. The molecular formula is C19H20FNO4. The lowest BCUT2D eigenvalue weighted by molar-refractivity contribution is -0.165. The summed E-state index contributed by atoms with van der Waals surface area (Å²) in [5.41, 5.74) is -0.745. The third-order valence-electron chi connectivity index (χ3n) is 3.78. The highest BCUT2D eigenvalue weighted by molar-refractivity contribution is 6.06. The van der Waals surface area contributed by atoms with Crippen molar-refractivity contribution < 1.29 is 23.5 Å². The number of halogens is 1. The van der Waals surface area contributed by atoms with Gasteiger partial charge in [0.15, 0.2) is 5.41 Å². The van der Waals surface area contributed by atoms with Crippen molar-refractivity contribution >= 4 is 11.9 Å². The van der Waals surface area contributed by atoms with Crippen molar-refractivity contribution in [3.8, 4) is 0 Å². The number of carbonyl (C=O) groups excluding carboxylic acids is 2. The summed E-state index contributed by atoms with van der Waals surface area (Å²) in [5.74, 6) is -1.93. The van der Waals surface area contributed by atoms with Crippen molar-refractivity contribution in [1.29, 1.82) is 0 Å². The third kappa shape index (κ3) is 4.02. The van der Waals surface area contributed by atoms with Gasteiger partial charge in [-0.2, -0.15) is 0 Å². The molecule has 0 spiro atoms. The van der Waals surface area contributed by atoms with E-state index in [2.05, 4.69) is 4.98 Å². The molecule has 0 saturated heterocycles. The van der Waals surface area contributed by atoms with Crippen molar-refractivity contribution in [1.82, 2.24) is 4.98 Å². The Morgan fingerprint density at radius 2 is 1.64 bits per heavy atom. The number of esters is 2. The molecule has 1 aromatic heterocycles. The summed E-state index contributed by atoms with van der Waals surface area (Å²) >= 11 is 0. The summed E-state index contributed by atoms with van der Waals surface area (Å²) in [7, 11) is 0. The van der Waals surface area contributed by atoms with E-state index in [9.17, 15) is 14.0 Å². The standard InChI is InChI=1S/C19H20FNO4/c1-3-24-17(22)19(18(23)25-4-2,12-14-6-5-11-21-13-14)15-7-9-16(20)10-8-15/h5-11,13H,3-4,12H2,1-2H3. The first-order valence-electron chi connectivity index (χ1n) is 8.04. The highest BCUT2D eigenvalue weighted by atomic mass is 19.1. The van der Waals surface area contributed by atoms with E-state index < -0.39 is 23.2 Å². The maximum absolute atomic E-state index is 13.4. The van der Waals surface area contributed by atoms with E-state index in [-0.39, 0.29) is 19.6 Å². The molecule has 2 aromatic rings. The first-order chi connectivity index (χ1) is 12.0. The van der Waals surface area contributed by atoms with Crippen LogP contribution in [-0.4, -0.2) is 30.1 Å². The third-order valence-corrected chi connectivity index (χ3v) is 3.78. The average molecular weight is 345 g/mol. The Balaban J connectivity index is 2.61. The topological polar surface area (TPSA) is 65.5 Å². The van der Waals surface area contributed by atoms with Gasteiger partial charge in [-0.25, -0.2) is 4.39 Å². The predicted molar refractivity (Wildman–Crippen MR) is 89.3 cm³/mol. The van der Waals surface area contributed by atoms with Gasteiger partial charge < -0.3 is 9.47 Å². The summed E-state index contributed by atoms with van der Waals surface area (Å²) in [4.78, 5) is 29.7. The number of rotatable bonds is 7. The van der Waals surface area contributed by atoms with Crippen LogP contribution in [0.2, 0.25) is 0 Å². The Bertz CT molecular complexity index is 698. The largest absolute Gasteiger partial charge is 0.465 e. The van der Waals surface area contributed by atoms with Crippen LogP contribution in [0.3, 0.4) is 0 Å². The Morgan fingerprint density at radius 1 is 1.04 bits per heavy atom. The lowest BCUT2D eigenvalue weighted by Crippen LogP contribution is -2.48. The zero-order valence-electron chi connectivity index (χ0n) is 14.2. The Kier molecular flexibility index (Phi) is 6.22. The summed E-state index contributed by atoms with van der Waals surface area (Å²) in [5, 5.41) is 0. The summed E-state index contributed by atoms with van der Waals surface area (Å²) in [6, 6.07) is 8.67. The smallest absolute Gasteiger partial charge is 0.328 e. The summed E-state index contributed by atoms with van der Waals surface area (Å²) in [6.45, 7) is 3.52. The van der Waals surface area contributed by atoms with Crippen LogP contribution in [0.1, 0.15) is 25.0 Å². The maximum atomic E-state index is 13.4. The highest BCUT2D eigenvalue weighted by Gasteiger charge is 2.50. The number of pyridine rings is 1. The fourth-order valence-electron chi connectivity index (χ4n) is 2.62. The van der Waals surface area contributed by atoms with Crippen LogP contribution in [0.4, 0.5) is 4.39 Å². The van der Waals surface area contributed by atoms with Crippen LogP contribution < -0.4 is 0 Å². The minimum absolute atomic E-state index is 0.00411. The normalized spacial score (nSPS) is 11.0. The van der Waals surface area contributed by atoms with Gasteiger partial charge in [0.1, 0.15) is 5.82 Å². The number of hydrogen-bond acceptors (Lipinski definition) is 5. The molecule has 6 heteroatoms.